The largest absolute Gasteiger partial charge is 0.354 e. The molecular formula is C25H21FN2O2. The van der Waals surface area contributed by atoms with Gasteiger partial charge in [0.15, 0.2) is 10.9 Å². The van der Waals surface area contributed by atoms with E-state index in [1.54, 1.807) is 18.2 Å². The van der Waals surface area contributed by atoms with E-state index in [9.17, 15) is 14.0 Å². The van der Waals surface area contributed by atoms with E-state index in [0.717, 1.165) is 24.8 Å². The number of nitrogens with zero attached hydrogens (tertiary/aromatic N) is 1. The second kappa shape index (κ2) is 7.10. The van der Waals surface area contributed by atoms with Gasteiger partial charge in [0.1, 0.15) is 5.82 Å². The molecular weight excluding hydrogens is 379 g/mol. The summed E-state index contributed by atoms with van der Waals surface area (Å²) in [6.07, 6.45) is 3.06. The number of H-pyrrole nitrogens is 1. The molecule has 0 saturated heterocycles. The van der Waals surface area contributed by atoms with E-state index in [2.05, 4.69) is 16.5 Å². The lowest BCUT2D eigenvalue weighted by Gasteiger charge is -2.16. The Kier molecular flexibility index (Phi) is 4.39. The molecule has 150 valence electrons. The summed E-state index contributed by atoms with van der Waals surface area (Å²) in [7, 11) is 0. The normalized spacial score (nSPS) is 11.8. The SMILES string of the molecule is CCCCCn1c2ccc(F)cc2c(=O)c2cc3[nH]c4ccccc4c(=O)c3cc21. The number of benzene rings is 3. The number of rotatable bonds is 4. The van der Waals surface area contributed by atoms with E-state index >= 15 is 0 Å². The Morgan fingerprint density at radius 1 is 0.800 bits per heavy atom. The van der Waals surface area contributed by atoms with Crippen molar-refractivity contribution in [2.75, 3.05) is 0 Å². The van der Waals surface area contributed by atoms with Gasteiger partial charge in [-0.15, -0.1) is 0 Å². The first-order valence-corrected chi connectivity index (χ1v) is 10.3. The summed E-state index contributed by atoms with van der Waals surface area (Å²) < 4.78 is 16.0. The van der Waals surface area contributed by atoms with Gasteiger partial charge in [-0.3, -0.25) is 9.59 Å². The van der Waals surface area contributed by atoms with Gasteiger partial charge in [-0.05, 0) is 48.9 Å². The van der Waals surface area contributed by atoms with Gasteiger partial charge in [-0.25, -0.2) is 4.39 Å². The van der Waals surface area contributed by atoms with Crippen molar-refractivity contribution in [2.24, 2.45) is 0 Å². The number of para-hydroxylation sites is 1. The highest BCUT2D eigenvalue weighted by Gasteiger charge is 2.15. The maximum absolute atomic E-state index is 13.9. The van der Waals surface area contributed by atoms with Crippen molar-refractivity contribution in [1.82, 2.24) is 9.55 Å². The highest BCUT2D eigenvalue weighted by atomic mass is 19.1. The van der Waals surface area contributed by atoms with Crippen LogP contribution < -0.4 is 10.9 Å². The Balaban J connectivity index is 1.94. The number of fused-ring (bicyclic) bond motifs is 4. The maximum atomic E-state index is 13.9. The molecule has 0 amide bonds. The minimum atomic E-state index is -0.431. The van der Waals surface area contributed by atoms with E-state index in [4.69, 9.17) is 0 Å². The first-order chi connectivity index (χ1) is 14.6. The predicted octanol–water partition coefficient (Wildman–Crippen LogP) is 5.48. The zero-order valence-electron chi connectivity index (χ0n) is 16.7. The highest BCUT2D eigenvalue weighted by Crippen LogP contribution is 2.25. The first kappa shape index (κ1) is 18.6. The van der Waals surface area contributed by atoms with Gasteiger partial charge in [-0.2, -0.15) is 0 Å². The van der Waals surface area contributed by atoms with Gasteiger partial charge < -0.3 is 9.55 Å². The van der Waals surface area contributed by atoms with Crippen LogP contribution in [0.1, 0.15) is 26.2 Å². The quantitative estimate of drug-likeness (QED) is 0.321. The van der Waals surface area contributed by atoms with Gasteiger partial charge in [0.25, 0.3) is 0 Å². The minimum Gasteiger partial charge on any atom is -0.354 e. The Labute approximate surface area is 171 Å². The van der Waals surface area contributed by atoms with Crippen molar-refractivity contribution < 1.29 is 4.39 Å². The fourth-order valence-corrected chi connectivity index (χ4v) is 4.33. The van der Waals surface area contributed by atoms with Gasteiger partial charge in [-0.1, -0.05) is 31.9 Å². The summed E-state index contributed by atoms with van der Waals surface area (Å²) in [4.78, 5) is 29.7. The molecule has 5 aromatic rings. The number of aryl methyl sites for hydroxylation is 1. The van der Waals surface area contributed by atoms with Crippen LogP contribution in [0, 0.1) is 5.82 Å². The number of pyridine rings is 2. The maximum Gasteiger partial charge on any atom is 0.197 e. The number of nitrogens with one attached hydrogen (secondary N) is 1. The van der Waals surface area contributed by atoms with Gasteiger partial charge in [0, 0.05) is 33.6 Å². The molecule has 3 aromatic carbocycles. The summed E-state index contributed by atoms with van der Waals surface area (Å²) >= 11 is 0. The molecule has 0 aliphatic heterocycles. The molecule has 0 atom stereocenters. The third-order valence-corrected chi connectivity index (χ3v) is 5.84. The van der Waals surface area contributed by atoms with Crippen LogP contribution in [0.15, 0.2) is 64.2 Å². The lowest BCUT2D eigenvalue weighted by Crippen LogP contribution is -2.13. The molecule has 1 N–H and O–H groups in total. The van der Waals surface area contributed by atoms with Crippen molar-refractivity contribution in [3.05, 3.63) is 80.9 Å². The molecule has 5 rings (SSSR count). The number of aromatic amines is 1. The van der Waals surface area contributed by atoms with Crippen molar-refractivity contribution in [2.45, 2.75) is 32.7 Å². The van der Waals surface area contributed by atoms with Crippen LogP contribution in [0.3, 0.4) is 0 Å². The molecule has 2 aromatic heterocycles. The van der Waals surface area contributed by atoms with Crippen LogP contribution in [0.2, 0.25) is 0 Å². The third kappa shape index (κ3) is 2.81. The van der Waals surface area contributed by atoms with Crippen LogP contribution in [-0.2, 0) is 6.54 Å². The highest BCUT2D eigenvalue weighted by molar-refractivity contribution is 6.03. The summed E-state index contributed by atoms with van der Waals surface area (Å²) in [6, 6.07) is 15.2. The second-order valence-electron chi connectivity index (χ2n) is 7.76. The van der Waals surface area contributed by atoms with E-state index in [-0.39, 0.29) is 10.9 Å². The van der Waals surface area contributed by atoms with Gasteiger partial charge >= 0.3 is 0 Å². The monoisotopic (exact) mass is 400 g/mol. The molecule has 30 heavy (non-hydrogen) atoms. The van der Waals surface area contributed by atoms with Crippen LogP contribution in [0.5, 0.6) is 0 Å². The Morgan fingerprint density at radius 3 is 2.40 bits per heavy atom. The topological polar surface area (TPSA) is 54.9 Å². The zero-order valence-corrected chi connectivity index (χ0v) is 16.7. The second-order valence-corrected chi connectivity index (χ2v) is 7.76. The Hall–Kier alpha value is -3.47. The fraction of sp³-hybridized carbons (Fsp3) is 0.200. The summed E-state index contributed by atoms with van der Waals surface area (Å²) in [6.45, 7) is 2.83. The average Bonchev–Trinajstić information content (AvgIpc) is 2.76. The fourth-order valence-electron chi connectivity index (χ4n) is 4.33. The smallest absolute Gasteiger partial charge is 0.197 e. The predicted molar refractivity (Wildman–Crippen MR) is 121 cm³/mol. The summed E-state index contributed by atoms with van der Waals surface area (Å²) in [5.74, 6) is -0.431. The van der Waals surface area contributed by atoms with E-state index in [0.29, 0.717) is 44.6 Å². The lowest BCUT2D eigenvalue weighted by atomic mass is 10.0. The molecule has 4 nitrogen and oxygen atoms in total. The molecule has 0 fully saturated rings. The Bertz CT molecular complexity index is 1560. The van der Waals surface area contributed by atoms with Crippen molar-refractivity contribution >= 4 is 43.6 Å². The van der Waals surface area contributed by atoms with Crippen LogP contribution >= 0.6 is 0 Å². The number of aromatic nitrogens is 2. The molecule has 0 bridgehead atoms. The molecule has 0 radical (unpaired) electrons. The molecule has 0 spiro atoms. The van der Waals surface area contributed by atoms with Crippen LogP contribution in [-0.4, -0.2) is 9.55 Å². The molecule has 0 unspecified atom stereocenters. The lowest BCUT2D eigenvalue weighted by molar-refractivity contribution is 0.621. The van der Waals surface area contributed by atoms with E-state index in [1.807, 2.05) is 24.3 Å². The standard InChI is InChI=1S/C25H21FN2O2/c1-2-3-6-11-28-22-10-9-15(26)12-18(22)25(30)19-13-21-17(14-23(19)28)24(29)16-7-4-5-8-20(16)27-21/h4-5,7-10,12-14H,2-3,6,11H2,1H3,(H,27,29). The summed E-state index contributed by atoms with van der Waals surface area (Å²) in [5, 5.41) is 2.02. The Morgan fingerprint density at radius 2 is 1.57 bits per heavy atom. The summed E-state index contributed by atoms with van der Waals surface area (Å²) in [5.41, 5.74) is 2.46. The van der Waals surface area contributed by atoms with Crippen LogP contribution in [0.4, 0.5) is 4.39 Å². The molecule has 0 aliphatic carbocycles. The minimum absolute atomic E-state index is 0.0620. The number of hydrogen-bond donors (Lipinski definition) is 1. The number of hydrogen-bond acceptors (Lipinski definition) is 2. The average molecular weight is 400 g/mol. The molecule has 0 saturated carbocycles. The van der Waals surface area contributed by atoms with E-state index < -0.39 is 5.82 Å². The zero-order chi connectivity index (χ0) is 20.8. The van der Waals surface area contributed by atoms with Crippen molar-refractivity contribution in [3.63, 3.8) is 0 Å². The first-order valence-electron chi connectivity index (χ1n) is 10.3. The molecule has 2 heterocycles. The number of halogens is 1. The number of unbranched alkanes of at least 4 members (excludes halogenated alkanes) is 2. The van der Waals surface area contributed by atoms with Gasteiger partial charge in [0.2, 0.25) is 0 Å². The van der Waals surface area contributed by atoms with E-state index in [1.165, 1.54) is 12.1 Å². The van der Waals surface area contributed by atoms with Crippen LogP contribution in [0.25, 0.3) is 43.6 Å². The third-order valence-electron chi connectivity index (χ3n) is 5.84. The molecule has 5 heteroatoms. The van der Waals surface area contributed by atoms with Crippen molar-refractivity contribution in [3.8, 4) is 0 Å². The van der Waals surface area contributed by atoms with Gasteiger partial charge in [0.05, 0.1) is 16.6 Å². The van der Waals surface area contributed by atoms with Crippen molar-refractivity contribution in [1.29, 1.82) is 0 Å². The molecule has 0 aliphatic rings.